The minimum atomic E-state index is -4.88. The second-order valence-corrected chi connectivity index (χ2v) is 9.60. The predicted octanol–water partition coefficient (Wildman–Crippen LogP) is 3.36. The van der Waals surface area contributed by atoms with Gasteiger partial charge in [0, 0.05) is 45.2 Å². The molecule has 1 fully saturated rings. The normalized spacial score (nSPS) is 16.2. The number of aryl methyl sites for hydroxylation is 1. The second-order valence-electron chi connectivity index (χ2n) is 9.60. The molecule has 1 aliphatic heterocycles. The van der Waals surface area contributed by atoms with E-state index in [1.165, 1.54) is 14.0 Å². The van der Waals surface area contributed by atoms with E-state index in [2.05, 4.69) is 5.32 Å². The molecule has 1 atom stereocenters. The first-order chi connectivity index (χ1) is 17.8. The molecule has 0 saturated carbocycles. The lowest BCUT2D eigenvalue weighted by atomic mass is 9.98. The minimum absolute atomic E-state index is 0.00308. The van der Waals surface area contributed by atoms with Crippen LogP contribution >= 0.6 is 0 Å². The summed E-state index contributed by atoms with van der Waals surface area (Å²) in [5.74, 6) is -1.11. The molecule has 1 aromatic carbocycles. The van der Waals surface area contributed by atoms with Gasteiger partial charge < -0.3 is 20.2 Å². The van der Waals surface area contributed by atoms with E-state index >= 15 is 0 Å². The first-order valence-corrected chi connectivity index (χ1v) is 12.7. The molecule has 38 heavy (non-hydrogen) atoms. The number of carbonyl (C=O) groups is 3. The molecule has 10 nitrogen and oxygen atoms in total. The molecule has 0 unspecified atom stereocenters. The van der Waals surface area contributed by atoms with Gasteiger partial charge >= 0.3 is 18.0 Å². The van der Waals surface area contributed by atoms with Crippen LogP contribution in [0.3, 0.4) is 0 Å². The molecule has 0 radical (unpaired) electrons. The number of amides is 3. The van der Waals surface area contributed by atoms with E-state index in [-0.39, 0.29) is 56.1 Å². The standard InChI is InChI=1S/C25H34F3N5O5/c1-5-21(34)29-9-11-32-19-12-17(18(25(26,27)28)13-20(19)31(6-2)23(32)36)22(35)33(15(3)4)16-8-7-10-30(14-16)24(37)38/h12-13,15-16H,5-11,14H2,1-4H3,(H,29,34)(H,37,38)/t16-/m1/s1. The van der Waals surface area contributed by atoms with Crippen LogP contribution < -0.4 is 11.0 Å². The number of carboxylic acid groups (broad SMARTS) is 1. The Labute approximate surface area is 218 Å². The number of nitrogens with zero attached hydrogens (tertiary/aromatic N) is 4. The Morgan fingerprint density at radius 3 is 2.37 bits per heavy atom. The van der Waals surface area contributed by atoms with Crippen LogP contribution in [0, 0.1) is 0 Å². The van der Waals surface area contributed by atoms with Crippen molar-refractivity contribution in [1.29, 1.82) is 0 Å². The van der Waals surface area contributed by atoms with Gasteiger partial charge in [-0.05, 0) is 45.7 Å². The first kappa shape index (κ1) is 29.1. The number of alkyl halides is 3. The lowest BCUT2D eigenvalue weighted by Gasteiger charge is -2.40. The summed E-state index contributed by atoms with van der Waals surface area (Å²) in [6.45, 7) is 7.14. The van der Waals surface area contributed by atoms with Gasteiger partial charge in [0.05, 0.1) is 28.2 Å². The maximum absolute atomic E-state index is 14.3. The fraction of sp³-hybridized carbons (Fsp3) is 0.600. The molecule has 1 aromatic heterocycles. The Hall–Kier alpha value is -3.51. The summed E-state index contributed by atoms with van der Waals surface area (Å²) in [5, 5.41) is 12.1. The number of halogens is 3. The van der Waals surface area contributed by atoms with Crippen molar-refractivity contribution in [3.05, 3.63) is 33.7 Å². The van der Waals surface area contributed by atoms with Gasteiger partial charge in [0.2, 0.25) is 5.91 Å². The topological polar surface area (TPSA) is 117 Å². The number of aromatic nitrogens is 2. The summed E-state index contributed by atoms with van der Waals surface area (Å²) in [6.07, 6.45) is -4.87. The lowest BCUT2D eigenvalue weighted by Crippen LogP contribution is -2.54. The number of imidazole rings is 1. The van der Waals surface area contributed by atoms with Gasteiger partial charge in [-0.3, -0.25) is 18.7 Å². The highest BCUT2D eigenvalue weighted by molar-refractivity contribution is 6.00. The van der Waals surface area contributed by atoms with Gasteiger partial charge in [0.1, 0.15) is 0 Å². The molecule has 1 aliphatic rings. The number of rotatable bonds is 8. The number of nitrogens with one attached hydrogen (secondary N) is 1. The molecule has 1 saturated heterocycles. The Morgan fingerprint density at radius 1 is 1.16 bits per heavy atom. The van der Waals surface area contributed by atoms with Gasteiger partial charge in [-0.2, -0.15) is 13.2 Å². The van der Waals surface area contributed by atoms with Crippen molar-refractivity contribution in [3.63, 3.8) is 0 Å². The van der Waals surface area contributed by atoms with Gasteiger partial charge in [-0.15, -0.1) is 0 Å². The quantitative estimate of drug-likeness (QED) is 0.532. The fourth-order valence-corrected chi connectivity index (χ4v) is 5.04. The van der Waals surface area contributed by atoms with E-state index in [0.29, 0.717) is 12.8 Å². The van der Waals surface area contributed by atoms with Crippen LogP contribution in [0.4, 0.5) is 18.0 Å². The Bertz CT molecular complexity index is 1270. The molecule has 0 spiro atoms. The summed E-state index contributed by atoms with van der Waals surface area (Å²) in [7, 11) is 0. The van der Waals surface area contributed by atoms with Crippen LogP contribution in [-0.2, 0) is 24.1 Å². The average molecular weight is 542 g/mol. The van der Waals surface area contributed by atoms with Crippen LogP contribution in [0.2, 0.25) is 0 Å². The third-order valence-corrected chi connectivity index (χ3v) is 6.84. The van der Waals surface area contributed by atoms with Crippen molar-refractivity contribution in [2.24, 2.45) is 0 Å². The summed E-state index contributed by atoms with van der Waals surface area (Å²) in [5.41, 5.74) is -2.13. The number of likely N-dealkylation sites (tertiary alicyclic amines) is 1. The van der Waals surface area contributed by atoms with E-state index in [9.17, 15) is 37.5 Å². The molecule has 2 N–H and O–H groups in total. The Morgan fingerprint density at radius 2 is 1.82 bits per heavy atom. The van der Waals surface area contributed by atoms with Crippen molar-refractivity contribution in [3.8, 4) is 0 Å². The molecule has 2 heterocycles. The second kappa shape index (κ2) is 11.5. The third kappa shape index (κ3) is 5.81. The summed E-state index contributed by atoms with van der Waals surface area (Å²) in [6, 6.07) is 0.820. The van der Waals surface area contributed by atoms with E-state index in [1.807, 2.05) is 0 Å². The van der Waals surface area contributed by atoms with Gasteiger partial charge in [0.25, 0.3) is 5.91 Å². The highest BCUT2D eigenvalue weighted by Crippen LogP contribution is 2.36. The molecule has 2 aromatic rings. The molecular formula is C25H34F3N5O5. The predicted molar refractivity (Wildman–Crippen MR) is 134 cm³/mol. The minimum Gasteiger partial charge on any atom is -0.465 e. The molecule has 0 bridgehead atoms. The van der Waals surface area contributed by atoms with E-state index in [1.54, 1.807) is 27.7 Å². The zero-order chi connectivity index (χ0) is 28.4. The van der Waals surface area contributed by atoms with Crippen molar-refractivity contribution < 1.29 is 32.7 Å². The number of piperidine rings is 1. The number of fused-ring (bicyclic) bond motifs is 1. The SMILES string of the molecule is CCC(=O)NCCn1c(=O)n(CC)c2cc(C(F)(F)F)c(C(=O)N(C(C)C)[C@@H]3CCCN(C(=O)O)C3)cc21. The molecule has 0 aliphatic carbocycles. The molecular weight excluding hydrogens is 507 g/mol. The van der Waals surface area contributed by atoms with Crippen LogP contribution in [0.1, 0.15) is 62.9 Å². The summed E-state index contributed by atoms with van der Waals surface area (Å²) in [4.78, 5) is 52.5. The van der Waals surface area contributed by atoms with Crippen LogP contribution in [0.5, 0.6) is 0 Å². The summed E-state index contributed by atoms with van der Waals surface area (Å²) < 4.78 is 45.3. The zero-order valence-electron chi connectivity index (χ0n) is 22.0. The third-order valence-electron chi connectivity index (χ3n) is 6.84. The summed E-state index contributed by atoms with van der Waals surface area (Å²) >= 11 is 0. The number of carbonyl (C=O) groups excluding carboxylic acids is 2. The molecule has 3 amide bonds. The number of hydrogen-bond donors (Lipinski definition) is 2. The first-order valence-electron chi connectivity index (χ1n) is 12.7. The molecule has 13 heteroatoms. The van der Waals surface area contributed by atoms with Crippen LogP contribution in [0.15, 0.2) is 16.9 Å². The highest BCUT2D eigenvalue weighted by Gasteiger charge is 2.40. The molecule has 210 valence electrons. The Balaban J connectivity index is 2.15. The fourth-order valence-electron chi connectivity index (χ4n) is 5.04. The van der Waals surface area contributed by atoms with Crippen LogP contribution in [-0.4, -0.2) is 73.7 Å². The van der Waals surface area contributed by atoms with Crippen LogP contribution in [0.25, 0.3) is 11.0 Å². The molecule has 3 rings (SSSR count). The largest absolute Gasteiger partial charge is 0.465 e. The Kier molecular flexibility index (Phi) is 8.78. The lowest BCUT2D eigenvalue weighted by molar-refractivity contribution is -0.138. The number of benzene rings is 1. The van der Waals surface area contributed by atoms with E-state index in [0.717, 1.165) is 17.0 Å². The van der Waals surface area contributed by atoms with Gasteiger partial charge in [0.15, 0.2) is 0 Å². The van der Waals surface area contributed by atoms with Crippen molar-refractivity contribution in [1.82, 2.24) is 24.3 Å². The maximum atomic E-state index is 14.3. The average Bonchev–Trinajstić information content (AvgIpc) is 3.12. The monoisotopic (exact) mass is 541 g/mol. The maximum Gasteiger partial charge on any atom is 0.417 e. The van der Waals surface area contributed by atoms with Gasteiger partial charge in [-0.25, -0.2) is 9.59 Å². The number of hydrogen-bond acceptors (Lipinski definition) is 4. The van der Waals surface area contributed by atoms with Crippen molar-refractivity contribution >= 4 is 28.9 Å². The smallest absolute Gasteiger partial charge is 0.417 e. The van der Waals surface area contributed by atoms with Crippen molar-refractivity contribution in [2.75, 3.05) is 19.6 Å². The van der Waals surface area contributed by atoms with Crippen molar-refractivity contribution in [2.45, 2.75) is 78.3 Å². The van der Waals surface area contributed by atoms with E-state index < -0.39 is 47.1 Å². The highest BCUT2D eigenvalue weighted by atomic mass is 19.4. The van der Waals surface area contributed by atoms with Gasteiger partial charge in [-0.1, -0.05) is 6.92 Å². The van der Waals surface area contributed by atoms with E-state index in [4.69, 9.17) is 0 Å². The zero-order valence-corrected chi connectivity index (χ0v) is 22.0.